The van der Waals surface area contributed by atoms with Crippen molar-refractivity contribution in [2.45, 2.75) is 33.1 Å². The molecule has 0 aromatic heterocycles. The zero-order chi connectivity index (χ0) is 8.93. The molecule has 2 rings (SSSR count). The fourth-order valence-corrected chi connectivity index (χ4v) is 2.79. The summed E-state index contributed by atoms with van der Waals surface area (Å²) in [6.45, 7) is 4.08. The molecular weight excluding hydrogens is 152 g/mol. The van der Waals surface area contributed by atoms with E-state index < -0.39 is 11.4 Å². The van der Waals surface area contributed by atoms with Crippen LogP contribution in [0, 0.1) is 11.3 Å². The number of aliphatic carboxylic acids is 1. The Bertz CT molecular complexity index is 278. The third-order valence-electron chi connectivity index (χ3n) is 3.85. The van der Waals surface area contributed by atoms with Crippen molar-refractivity contribution in [1.82, 2.24) is 0 Å². The maximum Gasteiger partial charge on any atom is 0.313 e. The van der Waals surface area contributed by atoms with Crippen LogP contribution in [0.25, 0.3) is 0 Å². The van der Waals surface area contributed by atoms with Crippen molar-refractivity contribution >= 4 is 5.97 Å². The molecule has 0 spiro atoms. The molecule has 2 bridgehead atoms. The summed E-state index contributed by atoms with van der Waals surface area (Å²) in [6, 6.07) is 0. The minimum atomic E-state index is -0.612. The SMILES string of the molecule is CC1=C(C)C2(C(=O)O)CCC1C2. The highest BCUT2D eigenvalue weighted by Crippen LogP contribution is 2.57. The van der Waals surface area contributed by atoms with Gasteiger partial charge in [0.05, 0.1) is 5.41 Å². The predicted molar refractivity (Wildman–Crippen MR) is 45.8 cm³/mol. The second-order valence-corrected chi connectivity index (χ2v) is 4.13. The average molecular weight is 166 g/mol. The van der Waals surface area contributed by atoms with Crippen molar-refractivity contribution in [3.8, 4) is 0 Å². The first-order valence-corrected chi connectivity index (χ1v) is 4.49. The van der Waals surface area contributed by atoms with Crippen LogP contribution in [-0.2, 0) is 4.79 Å². The molecule has 2 aliphatic carbocycles. The Morgan fingerprint density at radius 1 is 1.58 bits per heavy atom. The first kappa shape index (κ1) is 7.84. The highest BCUT2D eigenvalue weighted by atomic mass is 16.4. The maximum atomic E-state index is 11.1. The van der Waals surface area contributed by atoms with Gasteiger partial charge in [-0.2, -0.15) is 0 Å². The Morgan fingerprint density at radius 3 is 2.58 bits per heavy atom. The minimum Gasteiger partial charge on any atom is -0.481 e. The normalized spacial score (nSPS) is 39.3. The zero-order valence-electron chi connectivity index (χ0n) is 7.55. The zero-order valence-corrected chi connectivity index (χ0v) is 7.55. The molecular formula is C10H14O2. The molecule has 0 amide bonds. The highest BCUT2D eigenvalue weighted by molar-refractivity contribution is 5.80. The van der Waals surface area contributed by atoms with Crippen LogP contribution in [0.5, 0.6) is 0 Å². The van der Waals surface area contributed by atoms with E-state index in [0.717, 1.165) is 24.8 Å². The number of carboxylic acid groups (broad SMARTS) is 1. The molecule has 1 fully saturated rings. The molecule has 0 radical (unpaired) electrons. The van der Waals surface area contributed by atoms with Crippen LogP contribution in [0.15, 0.2) is 11.1 Å². The number of allylic oxidation sites excluding steroid dienone is 1. The smallest absolute Gasteiger partial charge is 0.313 e. The lowest BCUT2D eigenvalue weighted by Gasteiger charge is -2.23. The largest absolute Gasteiger partial charge is 0.481 e. The van der Waals surface area contributed by atoms with Gasteiger partial charge in [-0.05, 0) is 39.0 Å². The molecule has 0 aromatic carbocycles. The van der Waals surface area contributed by atoms with Gasteiger partial charge in [-0.3, -0.25) is 4.79 Å². The molecule has 2 unspecified atom stereocenters. The summed E-state index contributed by atoms with van der Waals surface area (Å²) in [5.41, 5.74) is 2.00. The molecule has 0 saturated heterocycles. The lowest BCUT2D eigenvalue weighted by molar-refractivity contribution is -0.146. The van der Waals surface area contributed by atoms with E-state index in [1.54, 1.807) is 0 Å². The number of carboxylic acids is 1. The van der Waals surface area contributed by atoms with Crippen molar-refractivity contribution in [2.75, 3.05) is 0 Å². The Balaban J connectivity index is 2.47. The Kier molecular flexibility index (Phi) is 1.39. The fourth-order valence-electron chi connectivity index (χ4n) is 2.79. The summed E-state index contributed by atoms with van der Waals surface area (Å²) in [6.07, 6.45) is 2.80. The molecule has 0 heterocycles. The van der Waals surface area contributed by atoms with Gasteiger partial charge >= 0.3 is 5.97 Å². The van der Waals surface area contributed by atoms with Crippen LogP contribution in [-0.4, -0.2) is 11.1 Å². The van der Waals surface area contributed by atoms with E-state index in [9.17, 15) is 4.79 Å². The molecule has 1 N–H and O–H groups in total. The topological polar surface area (TPSA) is 37.3 Å². The van der Waals surface area contributed by atoms with Crippen LogP contribution < -0.4 is 0 Å². The van der Waals surface area contributed by atoms with Crippen molar-refractivity contribution in [3.05, 3.63) is 11.1 Å². The quantitative estimate of drug-likeness (QED) is 0.606. The number of fused-ring (bicyclic) bond motifs is 2. The maximum absolute atomic E-state index is 11.1. The van der Waals surface area contributed by atoms with E-state index in [0.29, 0.717) is 5.92 Å². The lowest BCUT2D eigenvalue weighted by atomic mass is 9.80. The van der Waals surface area contributed by atoms with Gasteiger partial charge in [0.1, 0.15) is 0 Å². The van der Waals surface area contributed by atoms with E-state index in [1.165, 1.54) is 5.57 Å². The molecule has 12 heavy (non-hydrogen) atoms. The van der Waals surface area contributed by atoms with E-state index in [4.69, 9.17) is 5.11 Å². The number of hydrogen-bond acceptors (Lipinski definition) is 1. The van der Waals surface area contributed by atoms with E-state index >= 15 is 0 Å². The molecule has 66 valence electrons. The summed E-state index contributed by atoms with van der Waals surface area (Å²) in [5, 5.41) is 9.14. The molecule has 2 nitrogen and oxygen atoms in total. The second kappa shape index (κ2) is 2.12. The van der Waals surface area contributed by atoms with Gasteiger partial charge in [-0.25, -0.2) is 0 Å². The van der Waals surface area contributed by atoms with Gasteiger partial charge < -0.3 is 5.11 Å². The molecule has 2 aliphatic rings. The summed E-state index contributed by atoms with van der Waals surface area (Å²) in [7, 11) is 0. The van der Waals surface area contributed by atoms with Crippen molar-refractivity contribution in [2.24, 2.45) is 11.3 Å². The number of carbonyl (C=O) groups is 1. The van der Waals surface area contributed by atoms with Crippen LogP contribution in [0.3, 0.4) is 0 Å². The second-order valence-electron chi connectivity index (χ2n) is 4.13. The highest BCUT2D eigenvalue weighted by Gasteiger charge is 2.52. The predicted octanol–water partition coefficient (Wildman–Crippen LogP) is 2.21. The molecule has 0 aliphatic heterocycles. The average Bonchev–Trinajstić information content (AvgIpc) is 2.53. The number of hydrogen-bond donors (Lipinski definition) is 1. The van der Waals surface area contributed by atoms with Gasteiger partial charge in [0.25, 0.3) is 0 Å². The van der Waals surface area contributed by atoms with Gasteiger partial charge in [-0.15, -0.1) is 0 Å². The van der Waals surface area contributed by atoms with E-state index in [-0.39, 0.29) is 0 Å². The third kappa shape index (κ3) is 0.680. The van der Waals surface area contributed by atoms with Crippen LogP contribution in [0.4, 0.5) is 0 Å². The van der Waals surface area contributed by atoms with E-state index in [2.05, 4.69) is 6.92 Å². The first-order valence-electron chi connectivity index (χ1n) is 4.49. The summed E-state index contributed by atoms with van der Waals surface area (Å²) >= 11 is 0. The van der Waals surface area contributed by atoms with Crippen LogP contribution >= 0.6 is 0 Å². The first-order chi connectivity index (χ1) is 5.58. The van der Waals surface area contributed by atoms with Crippen molar-refractivity contribution in [1.29, 1.82) is 0 Å². The minimum absolute atomic E-state index is 0.464. The molecule has 1 saturated carbocycles. The van der Waals surface area contributed by atoms with Crippen molar-refractivity contribution in [3.63, 3.8) is 0 Å². The Labute approximate surface area is 72.3 Å². The summed E-state index contributed by atoms with van der Waals surface area (Å²) in [5.74, 6) is -0.0413. The number of rotatable bonds is 1. The van der Waals surface area contributed by atoms with Gasteiger partial charge in [0.2, 0.25) is 0 Å². The fraction of sp³-hybridized carbons (Fsp3) is 0.700. The lowest BCUT2D eigenvalue weighted by Crippen LogP contribution is -2.27. The third-order valence-corrected chi connectivity index (χ3v) is 3.85. The Hall–Kier alpha value is -0.790. The molecule has 2 atom stereocenters. The van der Waals surface area contributed by atoms with Gasteiger partial charge in [0, 0.05) is 0 Å². The van der Waals surface area contributed by atoms with Crippen molar-refractivity contribution < 1.29 is 9.90 Å². The molecule has 0 aromatic rings. The standard InChI is InChI=1S/C10H14O2/c1-6-7(2)10(9(11)12)4-3-8(6)5-10/h8H,3-5H2,1-2H3,(H,11,12). The molecule has 2 heteroatoms. The Morgan fingerprint density at radius 2 is 2.25 bits per heavy atom. The monoisotopic (exact) mass is 166 g/mol. The van der Waals surface area contributed by atoms with Gasteiger partial charge in [-0.1, -0.05) is 11.1 Å². The van der Waals surface area contributed by atoms with Gasteiger partial charge in [0.15, 0.2) is 0 Å². The van der Waals surface area contributed by atoms with Crippen LogP contribution in [0.2, 0.25) is 0 Å². The van der Waals surface area contributed by atoms with E-state index in [1.807, 2.05) is 6.92 Å². The summed E-state index contributed by atoms with van der Waals surface area (Å²) < 4.78 is 0. The van der Waals surface area contributed by atoms with Crippen LogP contribution in [0.1, 0.15) is 33.1 Å². The summed E-state index contributed by atoms with van der Waals surface area (Å²) in [4.78, 5) is 11.1.